The average Bonchev–Trinajstić information content (AvgIpc) is 2.68. The molecule has 0 bridgehead atoms. The zero-order valence-electron chi connectivity index (χ0n) is 12.8. The summed E-state index contributed by atoms with van der Waals surface area (Å²) in [5.41, 5.74) is 5.71. The molecule has 2 atom stereocenters. The summed E-state index contributed by atoms with van der Waals surface area (Å²) in [7, 11) is 1.37. The van der Waals surface area contributed by atoms with E-state index < -0.39 is 6.04 Å². The molecule has 1 rings (SSSR count). The molecule has 5 nitrogen and oxygen atoms in total. The number of esters is 1. The van der Waals surface area contributed by atoms with E-state index in [0.29, 0.717) is 19.1 Å². The predicted molar refractivity (Wildman–Crippen MR) is 79.8 cm³/mol. The molecule has 0 aromatic heterocycles. The lowest BCUT2D eigenvalue weighted by Crippen LogP contribution is -2.31. The molecule has 20 heavy (non-hydrogen) atoms. The molecule has 0 aliphatic carbocycles. The maximum Gasteiger partial charge on any atom is 0.322 e. The molecule has 5 heteroatoms. The van der Waals surface area contributed by atoms with Gasteiger partial charge in [0.15, 0.2) is 5.90 Å². The van der Waals surface area contributed by atoms with Gasteiger partial charge < -0.3 is 15.2 Å². The lowest BCUT2D eigenvalue weighted by Gasteiger charge is -2.13. The zero-order chi connectivity index (χ0) is 14.8. The topological polar surface area (TPSA) is 73.9 Å². The van der Waals surface area contributed by atoms with Gasteiger partial charge in [-0.15, -0.1) is 0 Å². The Hall–Kier alpha value is -1.10. The van der Waals surface area contributed by atoms with Crippen molar-refractivity contribution < 1.29 is 14.3 Å². The van der Waals surface area contributed by atoms with Crippen LogP contribution in [0.3, 0.4) is 0 Å². The van der Waals surface area contributed by atoms with Gasteiger partial charge in [0.25, 0.3) is 0 Å². The summed E-state index contributed by atoms with van der Waals surface area (Å²) in [6.45, 7) is 2.69. The van der Waals surface area contributed by atoms with Crippen molar-refractivity contribution in [1.29, 1.82) is 0 Å². The van der Waals surface area contributed by atoms with E-state index in [2.05, 4.69) is 4.74 Å². The zero-order valence-corrected chi connectivity index (χ0v) is 12.8. The number of hydrogen-bond donors (Lipinski definition) is 1. The molecule has 0 aromatic rings. The van der Waals surface area contributed by atoms with Crippen LogP contribution in [0.5, 0.6) is 0 Å². The molecule has 0 spiro atoms. The van der Waals surface area contributed by atoms with E-state index in [1.807, 2.05) is 6.92 Å². The van der Waals surface area contributed by atoms with E-state index in [1.54, 1.807) is 0 Å². The van der Waals surface area contributed by atoms with Gasteiger partial charge in [0.05, 0.1) is 19.8 Å². The van der Waals surface area contributed by atoms with Crippen LogP contribution in [0.4, 0.5) is 0 Å². The molecule has 1 aliphatic rings. The normalized spacial score (nSPS) is 20.8. The minimum Gasteiger partial charge on any atom is -0.481 e. The molecule has 0 radical (unpaired) electrons. The minimum atomic E-state index is -0.489. The van der Waals surface area contributed by atoms with E-state index in [0.717, 1.165) is 38.0 Å². The van der Waals surface area contributed by atoms with Crippen LogP contribution in [0.25, 0.3) is 0 Å². The Labute approximate surface area is 121 Å². The molecule has 2 N–H and O–H groups in total. The number of ether oxygens (including phenoxy) is 2. The second-order valence-electron chi connectivity index (χ2n) is 5.27. The van der Waals surface area contributed by atoms with Crippen molar-refractivity contribution in [3.8, 4) is 0 Å². The maximum atomic E-state index is 11.2. The number of nitrogens with zero attached hydrogens (tertiary/aromatic N) is 1. The highest BCUT2D eigenvalue weighted by atomic mass is 16.5. The van der Waals surface area contributed by atoms with Crippen LogP contribution in [0.15, 0.2) is 4.99 Å². The van der Waals surface area contributed by atoms with Gasteiger partial charge in [-0.1, -0.05) is 19.3 Å². The Morgan fingerprint density at radius 3 is 2.95 bits per heavy atom. The lowest BCUT2D eigenvalue weighted by atomic mass is 10.0. The summed E-state index contributed by atoms with van der Waals surface area (Å²) in [6, 6.07) is -0.120. The molecule has 1 aliphatic heterocycles. The third-order valence-corrected chi connectivity index (χ3v) is 3.62. The Balaban J connectivity index is 2.26. The first-order chi connectivity index (χ1) is 9.67. The molecule has 116 valence electrons. The molecule has 0 saturated carbocycles. The summed E-state index contributed by atoms with van der Waals surface area (Å²) in [5, 5.41) is 0. The molecule has 0 aromatic carbocycles. The van der Waals surface area contributed by atoms with Gasteiger partial charge in [-0.25, -0.2) is 0 Å². The smallest absolute Gasteiger partial charge is 0.322 e. The molecule has 0 unspecified atom stereocenters. The van der Waals surface area contributed by atoms with Crippen LogP contribution in [0, 0.1) is 0 Å². The van der Waals surface area contributed by atoms with Crippen molar-refractivity contribution >= 4 is 11.9 Å². The van der Waals surface area contributed by atoms with Crippen molar-refractivity contribution in [1.82, 2.24) is 0 Å². The molecule has 0 amide bonds. The monoisotopic (exact) mass is 284 g/mol. The number of methoxy groups -OCH3 is 1. The third kappa shape index (κ3) is 6.37. The number of rotatable bonds is 7. The molecule has 0 fully saturated rings. The first kappa shape index (κ1) is 17.0. The number of carbonyl (C=O) groups is 1. The van der Waals surface area contributed by atoms with Gasteiger partial charge in [0.1, 0.15) is 6.04 Å². The maximum absolute atomic E-state index is 11.2. The van der Waals surface area contributed by atoms with Crippen LogP contribution < -0.4 is 5.73 Å². The molecular weight excluding hydrogens is 256 g/mol. The highest BCUT2D eigenvalue weighted by Gasteiger charge is 2.16. The third-order valence-electron chi connectivity index (χ3n) is 3.62. The second kappa shape index (κ2) is 9.75. The highest BCUT2D eigenvalue weighted by molar-refractivity contribution is 5.76. The minimum absolute atomic E-state index is 0.323. The molecule has 1 heterocycles. The van der Waals surface area contributed by atoms with Crippen molar-refractivity contribution in [3.05, 3.63) is 0 Å². The van der Waals surface area contributed by atoms with Crippen molar-refractivity contribution in [2.45, 2.75) is 70.4 Å². The first-order valence-electron chi connectivity index (χ1n) is 7.70. The van der Waals surface area contributed by atoms with Crippen LogP contribution in [0.2, 0.25) is 0 Å². The standard InChI is InChI=1S/C15H28N2O3/c1-3-20-14-11-7-5-9-12(17-14)8-4-6-10-13(16)15(18)19-2/h12-13H,3-11,16H2,1-2H3/t12-,13+/m1/s1. The summed E-state index contributed by atoms with van der Waals surface area (Å²) in [6.07, 6.45) is 8.20. The van der Waals surface area contributed by atoms with Gasteiger partial charge in [0, 0.05) is 6.42 Å². The number of carbonyl (C=O) groups excluding carboxylic acids is 1. The van der Waals surface area contributed by atoms with Gasteiger partial charge in [0.2, 0.25) is 0 Å². The van der Waals surface area contributed by atoms with Crippen molar-refractivity contribution in [3.63, 3.8) is 0 Å². The van der Waals surface area contributed by atoms with Gasteiger partial charge in [-0.05, 0) is 32.6 Å². The Kier molecular flexibility index (Phi) is 8.26. The lowest BCUT2D eigenvalue weighted by molar-refractivity contribution is -0.142. The molecule has 0 saturated heterocycles. The SMILES string of the molecule is CCOC1=N[C@H](CCCC[C@H](N)C(=O)OC)CCCC1. The number of nitrogens with two attached hydrogens (primary N) is 1. The Morgan fingerprint density at radius 1 is 1.45 bits per heavy atom. The predicted octanol–water partition coefficient (Wildman–Crippen LogP) is 2.42. The summed E-state index contributed by atoms with van der Waals surface area (Å²) in [4.78, 5) is 15.9. The molecular formula is C15H28N2O3. The number of aliphatic imine (C=N–C) groups is 1. The summed E-state index contributed by atoms with van der Waals surface area (Å²) in [5.74, 6) is 0.595. The van der Waals surface area contributed by atoms with E-state index in [9.17, 15) is 4.79 Å². The number of hydrogen-bond acceptors (Lipinski definition) is 5. The summed E-state index contributed by atoms with van der Waals surface area (Å²) >= 11 is 0. The van der Waals surface area contributed by atoms with Gasteiger partial charge >= 0.3 is 5.97 Å². The van der Waals surface area contributed by atoms with Crippen molar-refractivity contribution in [2.75, 3.05) is 13.7 Å². The Bertz CT molecular complexity index is 318. The van der Waals surface area contributed by atoms with E-state index in [-0.39, 0.29) is 5.97 Å². The first-order valence-corrected chi connectivity index (χ1v) is 7.70. The van der Waals surface area contributed by atoms with Crippen LogP contribution >= 0.6 is 0 Å². The van der Waals surface area contributed by atoms with Crippen molar-refractivity contribution in [2.24, 2.45) is 10.7 Å². The fraction of sp³-hybridized carbons (Fsp3) is 0.867. The number of unbranched alkanes of at least 4 members (excludes halogenated alkanes) is 1. The van der Waals surface area contributed by atoms with Crippen LogP contribution in [0.1, 0.15) is 58.3 Å². The van der Waals surface area contributed by atoms with Gasteiger partial charge in [-0.3, -0.25) is 9.79 Å². The highest BCUT2D eigenvalue weighted by Crippen LogP contribution is 2.19. The van der Waals surface area contributed by atoms with E-state index in [1.165, 1.54) is 20.0 Å². The van der Waals surface area contributed by atoms with E-state index >= 15 is 0 Å². The Morgan fingerprint density at radius 2 is 2.25 bits per heavy atom. The summed E-state index contributed by atoms with van der Waals surface area (Å²) < 4.78 is 10.2. The quantitative estimate of drug-likeness (QED) is 0.575. The average molecular weight is 284 g/mol. The van der Waals surface area contributed by atoms with Crippen LogP contribution in [-0.2, 0) is 14.3 Å². The van der Waals surface area contributed by atoms with Crippen LogP contribution in [-0.4, -0.2) is 37.7 Å². The van der Waals surface area contributed by atoms with E-state index in [4.69, 9.17) is 15.5 Å². The largest absolute Gasteiger partial charge is 0.481 e. The fourth-order valence-corrected chi connectivity index (χ4v) is 2.49. The fourth-order valence-electron chi connectivity index (χ4n) is 2.49. The second-order valence-corrected chi connectivity index (χ2v) is 5.27. The van der Waals surface area contributed by atoms with Gasteiger partial charge in [-0.2, -0.15) is 0 Å².